The first kappa shape index (κ1) is 18.0. The Kier molecular flexibility index (Phi) is 6.38. The third-order valence-corrected chi connectivity index (χ3v) is 3.83. The Labute approximate surface area is 146 Å². The molecule has 0 bridgehead atoms. The van der Waals surface area contributed by atoms with E-state index in [1.807, 2.05) is 32.0 Å². The van der Waals surface area contributed by atoms with Crippen molar-refractivity contribution in [1.82, 2.24) is 5.32 Å². The van der Waals surface area contributed by atoms with Crippen molar-refractivity contribution in [3.8, 4) is 5.75 Å². The van der Waals surface area contributed by atoms with Crippen LogP contribution in [0.15, 0.2) is 48.5 Å². The van der Waals surface area contributed by atoms with Gasteiger partial charge < -0.3 is 10.1 Å². The Morgan fingerprint density at radius 3 is 2.50 bits per heavy atom. The van der Waals surface area contributed by atoms with Crippen LogP contribution in [0.2, 0.25) is 5.02 Å². The fourth-order valence-corrected chi connectivity index (χ4v) is 2.43. The number of ketones is 1. The highest BCUT2D eigenvalue weighted by molar-refractivity contribution is 6.30. The molecule has 0 aliphatic carbocycles. The van der Waals surface area contributed by atoms with Crippen LogP contribution in [0.5, 0.6) is 5.75 Å². The second kappa shape index (κ2) is 8.50. The van der Waals surface area contributed by atoms with Crippen LogP contribution in [0.1, 0.15) is 42.2 Å². The maximum atomic E-state index is 12.0. The van der Waals surface area contributed by atoms with E-state index in [4.69, 9.17) is 16.3 Å². The van der Waals surface area contributed by atoms with Crippen LogP contribution in [0.25, 0.3) is 0 Å². The van der Waals surface area contributed by atoms with Gasteiger partial charge in [-0.1, -0.05) is 30.7 Å². The molecule has 0 aliphatic rings. The first-order valence-electron chi connectivity index (χ1n) is 7.80. The lowest BCUT2D eigenvalue weighted by Crippen LogP contribution is -2.31. The minimum absolute atomic E-state index is 0.0784. The minimum Gasteiger partial charge on any atom is -0.484 e. The zero-order chi connectivity index (χ0) is 17.5. The van der Waals surface area contributed by atoms with E-state index in [9.17, 15) is 9.59 Å². The quantitative estimate of drug-likeness (QED) is 0.765. The summed E-state index contributed by atoms with van der Waals surface area (Å²) in [6.45, 7) is 3.61. The van der Waals surface area contributed by atoms with E-state index < -0.39 is 0 Å². The molecule has 126 valence electrons. The number of hydrogen-bond donors (Lipinski definition) is 1. The van der Waals surface area contributed by atoms with Crippen molar-refractivity contribution in [2.24, 2.45) is 0 Å². The number of amides is 1. The summed E-state index contributed by atoms with van der Waals surface area (Å²) in [4.78, 5) is 23.5. The van der Waals surface area contributed by atoms with Crippen LogP contribution in [0, 0.1) is 0 Å². The predicted octanol–water partition coefficient (Wildman–Crippen LogP) is 4.19. The first-order valence-corrected chi connectivity index (χ1v) is 8.18. The summed E-state index contributed by atoms with van der Waals surface area (Å²) in [5.74, 6) is 0.402. The standard InChI is InChI=1S/C19H20ClNO3/c1-3-18(22)14-7-9-17(10-8-14)24-12-19(23)21-13(2)15-5-4-6-16(20)11-15/h4-11,13H,3,12H2,1-2H3,(H,21,23). The third kappa shape index (κ3) is 5.10. The van der Waals surface area contributed by atoms with Gasteiger partial charge in [0.25, 0.3) is 5.91 Å². The van der Waals surface area contributed by atoms with Crippen LogP contribution in [-0.2, 0) is 4.79 Å². The summed E-state index contributed by atoms with van der Waals surface area (Å²) in [5, 5.41) is 3.49. The van der Waals surface area contributed by atoms with Gasteiger partial charge in [0, 0.05) is 17.0 Å². The SMILES string of the molecule is CCC(=O)c1ccc(OCC(=O)NC(C)c2cccc(Cl)c2)cc1. The van der Waals surface area contributed by atoms with Gasteiger partial charge in [0.2, 0.25) is 0 Å². The molecule has 0 spiro atoms. The predicted molar refractivity (Wildman–Crippen MR) is 94.6 cm³/mol. The second-order valence-corrected chi connectivity index (χ2v) is 5.87. The lowest BCUT2D eigenvalue weighted by molar-refractivity contribution is -0.123. The fourth-order valence-electron chi connectivity index (χ4n) is 2.23. The molecule has 0 saturated carbocycles. The van der Waals surface area contributed by atoms with E-state index in [2.05, 4.69) is 5.32 Å². The Morgan fingerprint density at radius 2 is 1.88 bits per heavy atom. The summed E-state index contributed by atoms with van der Waals surface area (Å²) in [6.07, 6.45) is 0.462. The number of rotatable bonds is 7. The molecule has 1 amide bonds. The molecule has 5 heteroatoms. The van der Waals surface area contributed by atoms with E-state index in [0.717, 1.165) is 5.56 Å². The molecule has 0 saturated heterocycles. The van der Waals surface area contributed by atoms with Gasteiger partial charge in [-0.05, 0) is 48.9 Å². The minimum atomic E-state index is -0.226. The van der Waals surface area contributed by atoms with E-state index in [1.54, 1.807) is 30.3 Å². The van der Waals surface area contributed by atoms with Crippen molar-refractivity contribution < 1.29 is 14.3 Å². The van der Waals surface area contributed by atoms with Crippen molar-refractivity contribution in [2.45, 2.75) is 26.3 Å². The molecule has 2 aromatic carbocycles. The van der Waals surface area contributed by atoms with Gasteiger partial charge >= 0.3 is 0 Å². The molecule has 4 nitrogen and oxygen atoms in total. The monoisotopic (exact) mass is 345 g/mol. The number of nitrogens with one attached hydrogen (secondary N) is 1. The van der Waals surface area contributed by atoms with Crippen molar-refractivity contribution in [3.63, 3.8) is 0 Å². The molecule has 24 heavy (non-hydrogen) atoms. The van der Waals surface area contributed by atoms with Gasteiger partial charge in [-0.25, -0.2) is 0 Å². The number of ether oxygens (including phenoxy) is 1. The summed E-state index contributed by atoms with van der Waals surface area (Å²) < 4.78 is 5.45. The number of benzene rings is 2. The van der Waals surface area contributed by atoms with E-state index in [0.29, 0.717) is 22.8 Å². The highest BCUT2D eigenvalue weighted by Gasteiger charge is 2.11. The number of carbonyl (C=O) groups is 2. The maximum Gasteiger partial charge on any atom is 0.258 e. The molecule has 0 heterocycles. The summed E-state index contributed by atoms with van der Waals surface area (Å²) in [6, 6.07) is 14.0. The van der Waals surface area contributed by atoms with Gasteiger partial charge in [-0.3, -0.25) is 9.59 Å². The Bertz CT molecular complexity index is 713. The van der Waals surface area contributed by atoms with Crippen LogP contribution in [0.3, 0.4) is 0 Å². The summed E-state index contributed by atoms with van der Waals surface area (Å²) in [5.41, 5.74) is 1.57. The Hall–Kier alpha value is -2.33. The van der Waals surface area contributed by atoms with Crippen molar-refractivity contribution in [2.75, 3.05) is 6.61 Å². The molecule has 0 aliphatic heterocycles. The largest absolute Gasteiger partial charge is 0.484 e. The molecule has 1 N–H and O–H groups in total. The van der Waals surface area contributed by atoms with Crippen LogP contribution in [-0.4, -0.2) is 18.3 Å². The van der Waals surface area contributed by atoms with Gasteiger partial charge in [-0.2, -0.15) is 0 Å². The van der Waals surface area contributed by atoms with Crippen LogP contribution < -0.4 is 10.1 Å². The zero-order valence-electron chi connectivity index (χ0n) is 13.7. The molecular formula is C19H20ClNO3. The Morgan fingerprint density at radius 1 is 1.17 bits per heavy atom. The lowest BCUT2D eigenvalue weighted by Gasteiger charge is -2.15. The molecule has 0 fully saturated rings. The molecule has 1 atom stereocenters. The van der Waals surface area contributed by atoms with Gasteiger partial charge in [0.1, 0.15) is 5.75 Å². The van der Waals surface area contributed by atoms with Crippen molar-refractivity contribution in [3.05, 3.63) is 64.7 Å². The zero-order valence-corrected chi connectivity index (χ0v) is 14.5. The van der Waals surface area contributed by atoms with Gasteiger partial charge in [0.15, 0.2) is 12.4 Å². The molecule has 2 aromatic rings. The van der Waals surface area contributed by atoms with E-state index in [-0.39, 0.29) is 24.3 Å². The second-order valence-electron chi connectivity index (χ2n) is 5.43. The number of carbonyl (C=O) groups excluding carboxylic acids is 2. The molecule has 2 rings (SSSR count). The number of halogens is 1. The normalized spacial score (nSPS) is 11.6. The van der Waals surface area contributed by atoms with E-state index in [1.165, 1.54) is 0 Å². The van der Waals surface area contributed by atoms with Gasteiger partial charge in [0.05, 0.1) is 6.04 Å². The smallest absolute Gasteiger partial charge is 0.258 e. The van der Waals surface area contributed by atoms with Crippen molar-refractivity contribution in [1.29, 1.82) is 0 Å². The maximum absolute atomic E-state index is 12.0. The van der Waals surface area contributed by atoms with Crippen molar-refractivity contribution >= 4 is 23.3 Å². The molecule has 0 radical (unpaired) electrons. The Balaban J connectivity index is 1.85. The van der Waals surface area contributed by atoms with Gasteiger partial charge in [-0.15, -0.1) is 0 Å². The number of hydrogen-bond acceptors (Lipinski definition) is 3. The summed E-state index contributed by atoms with van der Waals surface area (Å²) >= 11 is 5.95. The molecular weight excluding hydrogens is 326 g/mol. The number of Topliss-reactive ketones (excluding diaryl/α,β-unsaturated/α-hetero) is 1. The average molecular weight is 346 g/mol. The average Bonchev–Trinajstić information content (AvgIpc) is 2.59. The van der Waals surface area contributed by atoms with Crippen LogP contribution in [0.4, 0.5) is 0 Å². The topological polar surface area (TPSA) is 55.4 Å². The highest BCUT2D eigenvalue weighted by atomic mass is 35.5. The van der Waals surface area contributed by atoms with E-state index >= 15 is 0 Å². The fraction of sp³-hybridized carbons (Fsp3) is 0.263. The molecule has 0 aromatic heterocycles. The summed E-state index contributed by atoms with van der Waals surface area (Å²) in [7, 11) is 0. The van der Waals surface area contributed by atoms with Crippen LogP contribution >= 0.6 is 11.6 Å². The highest BCUT2D eigenvalue weighted by Crippen LogP contribution is 2.17. The first-order chi connectivity index (χ1) is 11.5. The third-order valence-electron chi connectivity index (χ3n) is 3.59. The molecule has 1 unspecified atom stereocenters. The lowest BCUT2D eigenvalue weighted by atomic mass is 10.1.